The summed E-state index contributed by atoms with van der Waals surface area (Å²) in [7, 11) is 0. The van der Waals surface area contributed by atoms with Gasteiger partial charge in [-0.15, -0.1) is 0 Å². The molecule has 0 bridgehead atoms. The minimum absolute atomic E-state index is 0.312. The van der Waals surface area contributed by atoms with Gasteiger partial charge in [0.15, 0.2) is 0 Å². The molecule has 1 saturated carbocycles. The van der Waals surface area contributed by atoms with Crippen LogP contribution in [0.5, 0.6) is 0 Å². The van der Waals surface area contributed by atoms with E-state index in [1.54, 1.807) is 0 Å². The smallest absolute Gasteiger partial charge is 0.223 e. The van der Waals surface area contributed by atoms with Crippen molar-refractivity contribution in [2.24, 2.45) is 5.92 Å². The summed E-state index contributed by atoms with van der Waals surface area (Å²) in [6, 6.07) is 0.438. The Balaban J connectivity index is 1.68. The van der Waals surface area contributed by atoms with Gasteiger partial charge in [0.25, 0.3) is 0 Å². The number of carbonyl (C=O) groups excluding carboxylic acids is 1. The van der Waals surface area contributed by atoms with Gasteiger partial charge < -0.3 is 10.2 Å². The molecule has 2 aliphatic rings. The first kappa shape index (κ1) is 13.9. The largest absolute Gasteiger partial charge is 0.353 e. The van der Waals surface area contributed by atoms with Crippen LogP contribution in [0.2, 0.25) is 0 Å². The predicted octanol–water partition coefficient (Wildman–Crippen LogP) is 2.56. The lowest BCUT2D eigenvalue weighted by molar-refractivity contribution is -0.127. The predicted molar refractivity (Wildman–Crippen MR) is 74.5 cm³/mol. The Morgan fingerprint density at radius 3 is 2.39 bits per heavy atom. The summed E-state index contributed by atoms with van der Waals surface area (Å²) >= 11 is 0. The maximum atomic E-state index is 12.1. The molecule has 0 aromatic heterocycles. The zero-order valence-electron chi connectivity index (χ0n) is 11.8. The van der Waals surface area contributed by atoms with Crippen molar-refractivity contribution >= 4 is 5.91 Å². The second kappa shape index (κ2) is 7.13. The summed E-state index contributed by atoms with van der Waals surface area (Å²) in [4.78, 5) is 14.7. The van der Waals surface area contributed by atoms with E-state index in [1.165, 1.54) is 32.2 Å². The van der Waals surface area contributed by atoms with Crippen molar-refractivity contribution in [3.05, 3.63) is 0 Å². The molecular weight excluding hydrogens is 224 g/mol. The summed E-state index contributed by atoms with van der Waals surface area (Å²) in [5, 5.41) is 3.29. The Morgan fingerprint density at radius 1 is 1.11 bits per heavy atom. The Labute approximate surface area is 111 Å². The Bertz CT molecular complexity index is 253. The fourth-order valence-electron chi connectivity index (χ4n) is 3.30. The van der Waals surface area contributed by atoms with Crippen molar-refractivity contribution in [2.45, 2.75) is 64.3 Å². The van der Waals surface area contributed by atoms with Crippen LogP contribution >= 0.6 is 0 Å². The molecule has 104 valence electrons. The molecule has 18 heavy (non-hydrogen) atoms. The monoisotopic (exact) mass is 252 g/mol. The van der Waals surface area contributed by atoms with E-state index >= 15 is 0 Å². The average Bonchev–Trinajstić information content (AvgIpc) is 2.42. The van der Waals surface area contributed by atoms with Gasteiger partial charge in [-0.1, -0.05) is 26.2 Å². The van der Waals surface area contributed by atoms with Crippen LogP contribution in [0.15, 0.2) is 0 Å². The van der Waals surface area contributed by atoms with Crippen LogP contribution in [0, 0.1) is 5.92 Å². The van der Waals surface area contributed by atoms with Crippen molar-refractivity contribution in [3.8, 4) is 0 Å². The molecule has 2 rings (SSSR count). The second-order valence-electron chi connectivity index (χ2n) is 5.96. The fraction of sp³-hybridized carbons (Fsp3) is 0.933. The fourth-order valence-corrected chi connectivity index (χ4v) is 3.30. The lowest BCUT2D eigenvalue weighted by Crippen LogP contribution is -2.46. The number of carbonyl (C=O) groups is 1. The van der Waals surface area contributed by atoms with Crippen molar-refractivity contribution in [1.82, 2.24) is 10.2 Å². The van der Waals surface area contributed by atoms with Gasteiger partial charge in [0.1, 0.15) is 0 Å². The maximum absolute atomic E-state index is 12.1. The lowest BCUT2D eigenvalue weighted by atomic mass is 9.88. The molecule has 1 saturated heterocycles. The summed E-state index contributed by atoms with van der Waals surface area (Å²) in [6.07, 6.45) is 9.54. The van der Waals surface area contributed by atoms with Gasteiger partial charge in [0.2, 0.25) is 5.91 Å². The van der Waals surface area contributed by atoms with Crippen LogP contribution < -0.4 is 5.32 Å². The molecule has 1 aliphatic heterocycles. The first-order valence-corrected chi connectivity index (χ1v) is 7.82. The Morgan fingerprint density at radius 2 is 1.78 bits per heavy atom. The van der Waals surface area contributed by atoms with Crippen LogP contribution in [-0.2, 0) is 4.79 Å². The molecule has 2 fully saturated rings. The highest BCUT2D eigenvalue weighted by Crippen LogP contribution is 2.24. The third-order valence-corrected chi connectivity index (χ3v) is 4.45. The van der Waals surface area contributed by atoms with Gasteiger partial charge in [-0.2, -0.15) is 0 Å². The van der Waals surface area contributed by atoms with Crippen LogP contribution in [0.4, 0.5) is 0 Å². The van der Waals surface area contributed by atoms with E-state index in [2.05, 4.69) is 17.1 Å². The first-order chi connectivity index (χ1) is 8.79. The Kier molecular flexibility index (Phi) is 5.48. The number of piperidine rings is 1. The molecule has 3 heteroatoms. The molecule has 1 heterocycles. The number of hydrogen-bond donors (Lipinski definition) is 1. The summed E-state index contributed by atoms with van der Waals surface area (Å²) in [6.45, 7) is 5.76. The number of hydrogen-bond acceptors (Lipinski definition) is 2. The number of nitrogens with zero attached hydrogens (tertiary/aromatic N) is 1. The van der Waals surface area contributed by atoms with E-state index in [-0.39, 0.29) is 0 Å². The first-order valence-electron chi connectivity index (χ1n) is 7.82. The number of amides is 1. The van der Waals surface area contributed by atoms with Crippen LogP contribution in [-0.4, -0.2) is 36.5 Å². The van der Waals surface area contributed by atoms with Crippen molar-refractivity contribution < 1.29 is 4.79 Å². The standard InChI is InChI=1S/C15H28N2O/c1-2-10-17-11-8-14(9-12-17)16-15(18)13-6-4-3-5-7-13/h13-14H,2-12H2,1H3,(H,16,18). The number of likely N-dealkylation sites (tertiary alicyclic amines) is 1. The molecule has 0 aromatic carbocycles. The highest BCUT2D eigenvalue weighted by molar-refractivity contribution is 5.79. The summed E-state index contributed by atoms with van der Waals surface area (Å²) < 4.78 is 0. The van der Waals surface area contributed by atoms with Gasteiger partial charge in [-0.25, -0.2) is 0 Å². The molecule has 3 nitrogen and oxygen atoms in total. The van der Waals surface area contributed by atoms with Gasteiger partial charge in [0, 0.05) is 25.0 Å². The van der Waals surface area contributed by atoms with E-state index in [1.807, 2.05) is 0 Å². The zero-order chi connectivity index (χ0) is 12.8. The lowest BCUT2D eigenvalue weighted by Gasteiger charge is -2.33. The molecule has 0 radical (unpaired) electrons. The molecule has 0 spiro atoms. The van der Waals surface area contributed by atoms with Crippen LogP contribution in [0.1, 0.15) is 58.3 Å². The minimum Gasteiger partial charge on any atom is -0.353 e. The van der Waals surface area contributed by atoms with Crippen molar-refractivity contribution in [3.63, 3.8) is 0 Å². The normalized spacial score (nSPS) is 24.1. The second-order valence-corrected chi connectivity index (χ2v) is 5.96. The third-order valence-electron chi connectivity index (χ3n) is 4.45. The Hall–Kier alpha value is -0.570. The zero-order valence-corrected chi connectivity index (χ0v) is 11.8. The van der Waals surface area contributed by atoms with Gasteiger partial charge in [-0.3, -0.25) is 4.79 Å². The number of nitrogens with one attached hydrogen (secondary N) is 1. The molecule has 1 N–H and O–H groups in total. The minimum atomic E-state index is 0.312. The summed E-state index contributed by atoms with van der Waals surface area (Å²) in [5.41, 5.74) is 0. The van der Waals surface area contributed by atoms with Crippen LogP contribution in [0.3, 0.4) is 0 Å². The van der Waals surface area contributed by atoms with Crippen LogP contribution in [0.25, 0.3) is 0 Å². The van der Waals surface area contributed by atoms with E-state index in [0.717, 1.165) is 38.8 Å². The van der Waals surface area contributed by atoms with Crippen molar-refractivity contribution in [1.29, 1.82) is 0 Å². The highest BCUT2D eigenvalue weighted by atomic mass is 16.1. The number of rotatable bonds is 4. The van der Waals surface area contributed by atoms with E-state index in [9.17, 15) is 4.79 Å². The molecule has 1 amide bonds. The quantitative estimate of drug-likeness (QED) is 0.834. The van der Waals surface area contributed by atoms with Gasteiger partial charge >= 0.3 is 0 Å². The molecule has 0 atom stereocenters. The van der Waals surface area contributed by atoms with E-state index < -0.39 is 0 Å². The molecular formula is C15H28N2O. The van der Waals surface area contributed by atoms with Gasteiger partial charge in [0.05, 0.1) is 0 Å². The van der Waals surface area contributed by atoms with E-state index in [4.69, 9.17) is 0 Å². The molecule has 0 unspecified atom stereocenters. The summed E-state index contributed by atoms with van der Waals surface area (Å²) in [5.74, 6) is 0.649. The third kappa shape index (κ3) is 3.98. The highest BCUT2D eigenvalue weighted by Gasteiger charge is 2.25. The molecule has 0 aromatic rings. The maximum Gasteiger partial charge on any atom is 0.223 e. The van der Waals surface area contributed by atoms with Gasteiger partial charge in [-0.05, 0) is 38.6 Å². The SMILES string of the molecule is CCCN1CCC(NC(=O)C2CCCCC2)CC1. The average molecular weight is 252 g/mol. The topological polar surface area (TPSA) is 32.3 Å². The van der Waals surface area contributed by atoms with E-state index in [0.29, 0.717) is 17.9 Å². The molecule has 1 aliphatic carbocycles. The van der Waals surface area contributed by atoms with Crippen molar-refractivity contribution in [2.75, 3.05) is 19.6 Å².